The van der Waals surface area contributed by atoms with Gasteiger partial charge in [-0.1, -0.05) is 0 Å². The van der Waals surface area contributed by atoms with Crippen LogP contribution in [0.2, 0.25) is 0 Å². The summed E-state index contributed by atoms with van der Waals surface area (Å²) in [7, 11) is 0. The van der Waals surface area contributed by atoms with Gasteiger partial charge >= 0.3 is 12.0 Å². The smallest absolute Gasteiger partial charge is 0.354 e. The van der Waals surface area contributed by atoms with Crippen molar-refractivity contribution in [1.29, 1.82) is 0 Å². The molecule has 0 spiro atoms. The summed E-state index contributed by atoms with van der Waals surface area (Å²) < 4.78 is 0. The minimum absolute atomic E-state index is 0.00642. The van der Waals surface area contributed by atoms with E-state index < -0.39 is 12.0 Å². The number of rotatable bonds is 2. The molecule has 0 aliphatic carbocycles. The molecular weight excluding hydrogens is 252 g/mol. The SMILES string of the molecule is O=C1CN(C(=O)Nc2ccc(C(=O)O)nc2)CCN1. The lowest BCUT2D eigenvalue weighted by Crippen LogP contribution is -2.51. The predicted octanol–water partition coefficient (Wildman–Crippen LogP) is -0.256. The van der Waals surface area contributed by atoms with Crippen molar-refractivity contribution in [2.45, 2.75) is 0 Å². The van der Waals surface area contributed by atoms with Gasteiger partial charge in [-0.2, -0.15) is 0 Å². The molecule has 2 rings (SSSR count). The van der Waals surface area contributed by atoms with Gasteiger partial charge in [-0.05, 0) is 12.1 Å². The van der Waals surface area contributed by atoms with E-state index in [0.29, 0.717) is 18.8 Å². The second-order valence-corrected chi connectivity index (χ2v) is 3.94. The molecule has 1 aliphatic heterocycles. The average Bonchev–Trinajstić information content (AvgIpc) is 2.39. The van der Waals surface area contributed by atoms with E-state index in [-0.39, 0.29) is 18.1 Å². The summed E-state index contributed by atoms with van der Waals surface area (Å²) in [6.07, 6.45) is 1.26. The van der Waals surface area contributed by atoms with Crippen molar-refractivity contribution >= 4 is 23.6 Å². The normalized spacial score (nSPS) is 14.7. The Hall–Kier alpha value is -2.64. The summed E-state index contributed by atoms with van der Waals surface area (Å²) in [5.74, 6) is -1.34. The van der Waals surface area contributed by atoms with Crippen molar-refractivity contribution in [2.24, 2.45) is 0 Å². The molecule has 0 saturated carbocycles. The zero-order chi connectivity index (χ0) is 13.8. The van der Waals surface area contributed by atoms with E-state index in [1.54, 1.807) is 0 Å². The van der Waals surface area contributed by atoms with Crippen LogP contribution in [0.15, 0.2) is 18.3 Å². The fourth-order valence-electron chi connectivity index (χ4n) is 1.61. The Bertz CT molecular complexity index is 514. The van der Waals surface area contributed by atoms with Gasteiger partial charge in [0, 0.05) is 13.1 Å². The third kappa shape index (κ3) is 3.18. The minimum Gasteiger partial charge on any atom is -0.477 e. The first-order chi connectivity index (χ1) is 9.06. The zero-order valence-electron chi connectivity index (χ0n) is 9.92. The molecule has 8 heteroatoms. The van der Waals surface area contributed by atoms with Crippen LogP contribution in [-0.4, -0.2) is 52.5 Å². The van der Waals surface area contributed by atoms with Gasteiger partial charge in [0.1, 0.15) is 12.2 Å². The molecule has 19 heavy (non-hydrogen) atoms. The number of nitrogens with one attached hydrogen (secondary N) is 2. The number of carbonyl (C=O) groups is 3. The summed E-state index contributed by atoms with van der Waals surface area (Å²) in [5.41, 5.74) is 0.274. The van der Waals surface area contributed by atoms with Crippen LogP contribution >= 0.6 is 0 Å². The molecule has 1 aliphatic rings. The molecule has 3 N–H and O–H groups in total. The number of piperazine rings is 1. The summed E-state index contributed by atoms with van der Waals surface area (Å²) in [6.45, 7) is 0.854. The fraction of sp³-hybridized carbons (Fsp3) is 0.273. The second-order valence-electron chi connectivity index (χ2n) is 3.94. The maximum absolute atomic E-state index is 11.8. The third-order valence-corrected chi connectivity index (χ3v) is 2.56. The summed E-state index contributed by atoms with van der Waals surface area (Å²) in [6, 6.07) is 2.32. The summed E-state index contributed by atoms with van der Waals surface area (Å²) >= 11 is 0. The van der Waals surface area contributed by atoms with E-state index in [9.17, 15) is 14.4 Å². The van der Waals surface area contributed by atoms with Crippen LogP contribution < -0.4 is 10.6 Å². The number of carbonyl (C=O) groups excluding carboxylic acids is 2. The van der Waals surface area contributed by atoms with Gasteiger partial charge in [0.05, 0.1) is 11.9 Å². The predicted molar refractivity (Wildman–Crippen MR) is 64.8 cm³/mol. The number of anilines is 1. The highest BCUT2D eigenvalue weighted by Crippen LogP contribution is 2.08. The van der Waals surface area contributed by atoms with Gasteiger partial charge in [0.2, 0.25) is 5.91 Å². The van der Waals surface area contributed by atoms with Crippen LogP contribution in [0.1, 0.15) is 10.5 Å². The largest absolute Gasteiger partial charge is 0.477 e. The Morgan fingerprint density at radius 2 is 2.21 bits per heavy atom. The van der Waals surface area contributed by atoms with Gasteiger partial charge in [-0.3, -0.25) is 4.79 Å². The first-order valence-corrected chi connectivity index (χ1v) is 5.58. The van der Waals surface area contributed by atoms with Gasteiger partial charge in [-0.15, -0.1) is 0 Å². The average molecular weight is 264 g/mol. The molecule has 2 heterocycles. The lowest BCUT2D eigenvalue weighted by molar-refractivity contribution is -0.123. The van der Waals surface area contributed by atoms with Crippen LogP contribution in [0.5, 0.6) is 0 Å². The number of urea groups is 1. The van der Waals surface area contributed by atoms with Crippen LogP contribution in [-0.2, 0) is 4.79 Å². The van der Waals surface area contributed by atoms with Crippen molar-refractivity contribution in [3.8, 4) is 0 Å². The van der Waals surface area contributed by atoms with E-state index in [1.807, 2.05) is 0 Å². The third-order valence-electron chi connectivity index (χ3n) is 2.56. The van der Waals surface area contributed by atoms with Crippen molar-refractivity contribution in [3.63, 3.8) is 0 Å². The van der Waals surface area contributed by atoms with Crippen molar-refractivity contribution in [3.05, 3.63) is 24.0 Å². The fourth-order valence-corrected chi connectivity index (χ4v) is 1.61. The van der Waals surface area contributed by atoms with E-state index in [4.69, 9.17) is 5.11 Å². The van der Waals surface area contributed by atoms with Crippen molar-refractivity contribution < 1.29 is 19.5 Å². The topological polar surface area (TPSA) is 112 Å². The quantitative estimate of drug-likeness (QED) is 0.681. The highest BCUT2D eigenvalue weighted by molar-refractivity contribution is 5.93. The number of carboxylic acids is 1. The number of carboxylic acid groups (broad SMARTS) is 1. The number of nitrogens with zero attached hydrogens (tertiary/aromatic N) is 2. The molecule has 1 saturated heterocycles. The molecule has 100 valence electrons. The number of hydrogen-bond donors (Lipinski definition) is 3. The molecule has 1 aromatic heterocycles. The van der Waals surface area contributed by atoms with Crippen molar-refractivity contribution in [2.75, 3.05) is 25.0 Å². The van der Waals surface area contributed by atoms with Gasteiger partial charge in [0.15, 0.2) is 0 Å². The Morgan fingerprint density at radius 1 is 1.42 bits per heavy atom. The molecule has 3 amide bonds. The first-order valence-electron chi connectivity index (χ1n) is 5.58. The van der Waals surface area contributed by atoms with Crippen molar-refractivity contribution in [1.82, 2.24) is 15.2 Å². The van der Waals surface area contributed by atoms with E-state index in [2.05, 4.69) is 15.6 Å². The molecule has 1 fully saturated rings. The van der Waals surface area contributed by atoms with Crippen LogP contribution in [0.3, 0.4) is 0 Å². The van der Waals surface area contributed by atoms with Gasteiger partial charge in [-0.25, -0.2) is 14.6 Å². The summed E-state index contributed by atoms with van der Waals surface area (Å²) in [5, 5.41) is 13.9. The number of aromatic nitrogens is 1. The molecule has 0 aromatic carbocycles. The van der Waals surface area contributed by atoms with Gasteiger partial charge in [0.25, 0.3) is 0 Å². The maximum Gasteiger partial charge on any atom is 0.354 e. The Kier molecular flexibility index (Phi) is 3.60. The molecule has 0 atom stereocenters. The minimum atomic E-state index is -1.13. The van der Waals surface area contributed by atoms with Crippen LogP contribution in [0.4, 0.5) is 10.5 Å². The standard InChI is InChI=1S/C11H12N4O4/c16-9-6-15(4-3-12-9)11(19)14-7-1-2-8(10(17)18)13-5-7/h1-2,5H,3-4,6H2,(H,12,16)(H,14,19)(H,17,18). The number of amides is 3. The highest BCUT2D eigenvalue weighted by atomic mass is 16.4. The maximum atomic E-state index is 11.8. The monoisotopic (exact) mass is 264 g/mol. The molecule has 0 unspecified atom stereocenters. The number of aromatic carboxylic acids is 1. The molecule has 0 bridgehead atoms. The Labute approximate surface area is 108 Å². The lowest BCUT2D eigenvalue weighted by Gasteiger charge is -2.26. The van der Waals surface area contributed by atoms with E-state index in [1.165, 1.54) is 23.2 Å². The summed E-state index contributed by atoms with van der Waals surface area (Å²) in [4.78, 5) is 38.6. The molecule has 8 nitrogen and oxygen atoms in total. The molecular formula is C11H12N4O4. The first kappa shape index (κ1) is 12.8. The second kappa shape index (κ2) is 5.34. The molecule has 0 radical (unpaired) electrons. The number of hydrogen-bond acceptors (Lipinski definition) is 4. The highest BCUT2D eigenvalue weighted by Gasteiger charge is 2.21. The Balaban J connectivity index is 1.98. The zero-order valence-corrected chi connectivity index (χ0v) is 9.92. The van der Waals surface area contributed by atoms with Crippen LogP contribution in [0, 0.1) is 0 Å². The van der Waals surface area contributed by atoms with Crippen LogP contribution in [0.25, 0.3) is 0 Å². The van der Waals surface area contributed by atoms with E-state index >= 15 is 0 Å². The van der Waals surface area contributed by atoms with E-state index in [0.717, 1.165) is 0 Å². The lowest BCUT2D eigenvalue weighted by atomic mass is 10.3. The van der Waals surface area contributed by atoms with Gasteiger partial charge < -0.3 is 20.6 Å². The number of pyridine rings is 1. The Morgan fingerprint density at radius 3 is 2.79 bits per heavy atom. The molecule has 1 aromatic rings.